The molecular formula is C11H14N2S2. The minimum Gasteiger partial charge on any atom is -0.317 e. The van der Waals surface area contributed by atoms with E-state index in [1.165, 1.54) is 9.88 Å². The molecule has 0 atom stereocenters. The Kier molecular flexibility index (Phi) is 3.88. The van der Waals surface area contributed by atoms with Crippen LogP contribution in [-0.2, 0) is 6.42 Å². The average molecular weight is 238 g/mol. The van der Waals surface area contributed by atoms with E-state index in [-0.39, 0.29) is 0 Å². The third-order valence-corrected chi connectivity index (χ3v) is 3.89. The minimum atomic E-state index is 1.02. The third-order valence-electron chi connectivity index (χ3n) is 2.09. The van der Waals surface area contributed by atoms with Crippen LogP contribution in [0, 0.1) is 0 Å². The number of hydrogen-bond acceptors (Lipinski definition) is 4. The summed E-state index contributed by atoms with van der Waals surface area (Å²) in [5, 5.41) is 8.77. The van der Waals surface area contributed by atoms with Crippen LogP contribution >= 0.6 is 22.7 Å². The molecule has 0 amide bonds. The molecule has 0 aromatic carbocycles. The zero-order chi connectivity index (χ0) is 10.5. The molecule has 0 radical (unpaired) electrons. The van der Waals surface area contributed by atoms with Gasteiger partial charge in [-0.25, -0.2) is 4.98 Å². The Morgan fingerprint density at radius 3 is 3.07 bits per heavy atom. The second kappa shape index (κ2) is 5.39. The third kappa shape index (κ3) is 2.87. The van der Waals surface area contributed by atoms with Crippen molar-refractivity contribution >= 4 is 22.7 Å². The van der Waals surface area contributed by atoms with Crippen molar-refractivity contribution in [2.45, 2.75) is 13.3 Å². The first-order chi connectivity index (χ1) is 7.40. The molecule has 0 unspecified atom stereocenters. The number of aromatic nitrogens is 1. The van der Waals surface area contributed by atoms with Crippen LogP contribution in [0.25, 0.3) is 10.6 Å². The van der Waals surface area contributed by atoms with Crippen LogP contribution in [0.5, 0.6) is 0 Å². The molecule has 0 saturated carbocycles. The molecule has 2 heterocycles. The van der Waals surface area contributed by atoms with Crippen molar-refractivity contribution in [3.8, 4) is 10.6 Å². The van der Waals surface area contributed by atoms with E-state index in [2.05, 4.69) is 40.1 Å². The Bertz CT molecular complexity index is 392. The summed E-state index contributed by atoms with van der Waals surface area (Å²) in [6.45, 7) is 4.18. The minimum absolute atomic E-state index is 1.02. The van der Waals surface area contributed by atoms with Crippen molar-refractivity contribution < 1.29 is 0 Å². The monoisotopic (exact) mass is 238 g/mol. The number of nitrogens with zero attached hydrogens (tertiary/aromatic N) is 1. The summed E-state index contributed by atoms with van der Waals surface area (Å²) in [6.07, 6.45) is 1.03. The van der Waals surface area contributed by atoms with Crippen molar-refractivity contribution in [1.82, 2.24) is 10.3 Å². The number of thiophene rings is 1. The molecule has 0 aliphatic carbocycles. The van der Waals surface area contributed by atoms with Gasteiger partial charge in [-0.05, 0) is 18.0 Å². The highest BCUT2D eigenvalue weighted by Gasteiger charge is 2.04. The summed E-state index contributed by atoms with van der Waals surface area (Å²) in [6, 6.07) is 4.19. The molecule has 80 valence electrons. The number of nitrogens with one attached hydrogen (secondary N) is 1. The van der Waals surface area contributed by atoms with E-state index >= 15 is 0 Å². The summed E-state index contributed by atoms with van der Waals surface area (Å²) >= 11 is 3.50. The van der Waals surface area contributed by atoms with Crippen LogP contribution in [0.3, 0.4) is 0 Å². The van der Waals surface area contributed by atoms with Crippen LogP contribution in [0.1, 0.15) is 11.9 Å². The molecular weight excluding hydrogens is 224 g/mol. The van der Waals surface area contributed by atoms with Gasteiger partial charge < -0.3 is 5.32 Å². The van der Waals surface area contributed by atoms with Crippen LogP contribution in [0.2, 0.25) is 0 Å². The molecule has 0 bridgehead atoms. The fraction of sp³-hybridized carbons (Fsp3) is 0.364. The Morgan fingerprint density at radius 1 is 1.40 bits per heavy atom. The van der Waals surface area contributed by atoms with Gasteiger partial charge in [0.15, 0.2) is 0 Å². The Morgan fingerprint density at radius 2 is 2.33 bits per heavy atom. The van der Waals surface area contributed by atoms with Crippen molar-refractivity contribution in [3.63, 3.8) is 0 Å². The number of likely N-dealkylation sites (N-methyl/N-ethyl adjacent to an activating group) is 1. The Hall–Kier alpha value is -0.710. The lowest BCUT2D eigenvalue weighted by atomic mass is 10.4. The molecule has 15 heavy (non-hydrogen) atoms. The van der Waals surface area contributed by atoms with E-state index in [0.29, 0.717) is 0 Å². The summed E-state index contributed by atoms with van der Waals surface area (Å²) < 4.78 is 0. The van der Waals surface area contributed by atoms with E-state index in [4.69, 9.17) is 0 Å². The first kappa shape index (κ1) is 10.8. The molecule has 0 saturated heterocycles. The fourth-order valence-corrected chi connectivity index (χ4v) is 2.89. The zero-order valence-electron chi connectivity index (χ0n) is 8.69. The van der Waals surface area contributed by atoms with Gasteiger partial charge in [0.2, 0.25) is 0 Å². The lowest BCUT2D eigenvalue weighted by Gasteiger charge is -1.96. The highest BCUT2D eigenvalue weighted by molar-refractivity contribution is 7.14. The van der Waals surface area contributed by atoms with E-state index in [1.807, 2.05) is 0 Å². The lowest BCUT2D eigenvalue weighted by molar-refractivity contribution is 0.715. The quantitative estimate of drug-likeness (QED) is 0.810. The fourth-order valence-electron chi connectivity index (χ4n) is 1.34. The van der Waals surface area contributed by atoms with Gasteiger partial charge in [-0.2, -0.15) is 0 Å². The maximum absolute atomic E-state index is 4.61. The van der Waals surface area contributed by atoms with Crippen LogP contribution < -0.4 is 5.32 Å². The average Bonchev–Trinajstić information content (AvgIpc) is 2.87. The van der Waals surface area contributed by atoms with Gasteiger partial charge in [0, 0.05) is 18.3 Å². The molecule has 0 aliphatic rings. The van der Waals surface area contributed by atoms with Crippen molar-refractivity contribution in [1.29, 1.82) is 0 Å². The first-order valence-corrected chi connectivity index (χ1v) is 6.85. The lowest BCUT2D eigenvalue weighted by Crippen LogP contribution is -2.15. The summed E-state index contributed by atoms with van der Waals surface area (Å²) in [4.78, 5) is 5.88. The second-order valence-corrected chi connectivity index (χ2v) is 5.10. The van der Waals surface area contributed by atoms with Gasteiger partial charge in [0.25, 0.3) is 0 Å². The van der Waals surface area contributed by atoms with Gasteiger partial charge in [0.05, 0.1) is 15.6 Å². The number of thiazole rings is 1. The van der Waals surface area contributed by atoms with Crippen molar-refractivity contribution in [3.05, 3.63) is 27.9 Å². The summed E-state index contributed by atoms with van der Waals surface area (Å²) in [5.41, 5.74) is 1.13. The Balaban J connectivity index is 1.98. The van der Waals surface area contributed by atoms with Crippen molar-refractivity contribution in [2.24, 2.45) is 0 Å². The van der Waals surface area contributed by atoms with E-state index < -0.39 is 0 Å². The summed E-state index contributed by atoms with van der Waals surface area (Å²) in [7, 11) is 0. The first-order valence-electron chi connectivity index (χ1n) is 5.09. The molecule has 4 heteroatoms. The largest absolute Gasteiger partial charge is 0.317 e. The predicted molar refractivity (Wildman–Crippen MR) is 67.7 cm³/mol. The van der Waals surface area contributed by atoms with E-state index in [0.717, 1.165) is 25.2 Å². The van der Waals surface area contributed by atoms with Crippen LogP contribution in [0.4, 0.5) is 0 Å². The molecule has 1 N–H and O–H groups in total. The van der Waals surface area contributed by atoms with Crippen LogP contribution in [0.15, 0.2) is 22.9 Å². The smallest absolute Gasteiger partial charge is 0.0945 e. The van der Waals surface area contributed by atoms with Gasteiger partial charge in [-0.15, -0.1) is 22.7 Å². The molecule has 2 nitrogen and oxygen atoms in total. The van der Waals surface area contributed by atoms with Gasteiger partial charge in [-0.3, -0.25) is 0 Å². The normalized spacial score (nSPS) is 10.7. The molecule has 2 aromatic rings. The van der Waals surface area contributed by atoms with E-state index in [9.17, 15) is 0 Å². The van der Waals surface area contributed by atoms with Gasteiger partial charge in [-0.1, -0.05) is 13.0 Å². The Labute approximate surface area is 98.0 Å². The summed E-state index contributed by atoms with van der Waals surface area (Å²) in [5.74, 6) is 0. The number of hydrogen-bond donors (Lipinski definition) is 1. The molecule has 0 spiro atoms. The SMILES string of the molecule is CCNCCc1nc(-c2cccs2)cs1. The van der Waals surface area contributed by atoms with Crippen molar-refractivity contribution in [2.75, 3.05) is 13.1 Å². The highest BCUT2D eigenvalue weighted by Crippen LogP contribution is 2.25. The molecule has 0 aliphatic heterocycles. The maximum Gasteiger partial charge on any atom is 0.0945 e. The second-order valence-electron chi connectivity index (χ2n) is 3.21. The number of rotatable bonds is 5. The standard InChI is InChI=1S/C11H14N2S2/c1-2-12-6-5-11-13-9(8-15-11)10-4-3-7-14-10/h3-4,7-8,12H,2,5-6H2,1H3. The maximum atomic E-state index is 4.61. The molecule has 2 aromatic heterocycles. The molecule has 0 fully saturated rings. The zero-order valence-corrected chi connectivity index (χ0v) is 10.3. The molecule has 2 rings (SSSR count). The topological polar surface area (TPSA) is 24.9 Å². The van der Waals surface area contributed by atoms with E-state index in [1.54, 1.807) is 22.7 Å². The van der Waals surface area contributed by atoms with Gasteiger partial charge >= 0.3 is 0 Å². The van der Waals surface area contributed by atoms with Gasteiger partial charge in [0.1, 0.15) is 0 Å². The predicted octanol–water partition coefficient (Wildman–Crippen LogP) is 3.02. The highest BCUT2D eigenvalue weighted by atomic mass is 32.1. The van der Waals surface area contributed by atoms with Crippen LogP contribution in [-0.4, -0.2) is 18.1 Å².